The van der Waals surface area contributed by atoms with Gasteiger partial charge in [0, 0.05) is 24.2 Å². The molecule has 0 saturated heterocycles. The van der Waals surface area contributed by atoms with Crippen LogP contribution in [0.15, 0.2) is 12.4 Å². The maximum Gasteiger partial charge on any atom is 0.139 e. The van der Waals surface area contributed by atoms with Crippen molar-refractivity contribution in [2.45, 2.75) is 33.4 Å². The molecule has 0 aromatic carbocycles. The van der Waals surface area contributed by atoms with Gasteiger partial charge in [0.1, 0.15) is 12.1 Å². The number of hydrogen-bond donors (Lipinski definition) is 0. The van der Waals surface area contributed by atoms with E-state index in [2.05, 4.69) is 30.3 Å². The van der Waals surface area contributed by atoms with E-state index in [4.69, 9.17) is 4.74 Å². The van der Waals surface area contributed by atoms with Crippen LogP contribution >= 0.6 is 0 Å². The molecule has 0 amide bonds. The Morgan fingerprint density at radius 1 is 1.54 bits per heavy atom. The SMILES string of the molecule is CC(C)(C)C1OCCc2nccn21. The zero-order chi connectivity index (χ0) is 9.47. The Morgan fingerprint density at radius 3 is 3.00 bits per heavy atom. The van der Waals surface area contributed by atoms with Gasteiger partial charge in [-0.3, -0.25) is 0 Å². The standard InChI is InChI=1S/C10H16N2O/c1-10(2,3)9-12-6-5-11-8(12)4-7-13-9/h5-6,9H,4,7H2,1-3H3. The van der Waals surface area contributed by atoms with Crippen molar-refractivity contribution < 1.29 is 4.74 Å². The fourth-order valence-corrected chi connectivity index (χ4v) is 1.76. The van der Waals surface area contributed by atoms with Crippen molar-refractivity contribution in [2.75, 3.05) is 6.61 Å². The number of fused-ring (bicyclic) bond motifs is 1. The van der Waals surface area contributed by atoms with Crippen LogP contribution in [0.3, 0.4) is 0 Å². The summed E-state index contributed by atoms with van der Waals surface area (Å²) >= 11 is 0. The molecule has 1 unspecified atom stereocenters. The van der Waals surface area contributed by atoms with E-state index in [0.29, 0.717) is 0 Å². The number of rotatable bonds is 0. The van der Waals surface area contributed by atoms with Gasteiger partial charge in [-0.05, 0) is 0 Å². The molecule has 13 heavy (non-hydrogen) atoms. The van der Waals surface area contributed by atoms with Gasteiger partial charge in [0.05, 0.1) is 6.61 Å². The van der Waals surface area contributed by atoms with Crippen molar-refractivity contribution in [2.24, 2.45) is 5.41 Å². The van der Waals surface area contributed by atoms with Crippen molar-refractivity contribution >= 4 is 0 Å². The van der Waals surface area contributed by atoms with E-state index < -0.39 is 0 Å². The Balaban J connectivity index is 2.35. The Kier molecular flexibility index (Phi) is 1.91. The summed E-state index contributed by atoms with van der Waals surface area (Å²) in [6.45, 7) is 7.35. The lowest BCUT2D eigenvalue weighted by molar-refractivity contribution is -0.0847. The lowest BCUT2D eigenvalue weighted by Gasteiger charge is -2.35. The molecule has 0 radical (unpaired) electrons. The van der Waals surface area contributed by atoms with Crippen molar-refractivity contribution in [3.8, 4) is 0 Å². The third kappa shape index (κ3) is 1.48. The Hall–Kier alpha value is -0.830. The van der Waals surface area contributed by atoms with Crippen LogP contribution in [0.2, 0.25) is 0 Å². The molecule has 0 fully saturated rings. The van der Waals surface area contributed by atoms with Gasteiger partial charge < -0.3 is 9.30 Å². The highest BCUT2D eigenvalue weighted by molar-refractivity contribution is 4.98. The molecular weight excluding hydrogens is 164 g/mol. The van der Waals surface area contributed by atoms with Crippen molar-refractivity contribution in [1.82, 2.24) is 9.55 Å². The Labute approximate surface area is 78.7 Å². The van der Waals surface area contributed by atoms with Gasteiger partial charge >= 0.3 is 0 Å². The van der Waals surface area contributed by atoms with Gasteiger partial charge in [-0.1, -0.05) is 20.8 Å². The molecule has 72 valence electrons. The first-order valence-corrected chi connectivity index (χ1v) is 4.72. The molecule has 3 nitrogen and oxygen atoms in total. The predicted molar refractivity (Wildman–Crippen MR) is 50.4 cm³/mol. The summed E-state index contributed by atoms with van der Waals surface area (Å²) < 4.78 is 7.89. The molecule has 0 aliphatic carbocycles. The normalized spacial score (nSPS) is 22.8. The first-order chi connectivity index (χ1) is 6.09. The maximum atomic E-state index is 5.75. The predicted octanol–water partition coefficient (Wildman–Crippen LogP) is 2.00. The summed E-state index contributed by atoms with van der Waals surface area (Å²) in [6, 6.07) is 0. The molecule has 1 aromatic rings. The van der Waals surface area contributed by atoms with Gasteiger partial charge in [0.25, 0.3) is 0 Å². The van der Waals surface area contributed by atoms with E-state index in [-0.39, 0.29) is 11.6 Å². The number of hydrogen-bond acceptors (Lipinski definition) is 2. The zero-order valence-corrected chi connectivity index (χ0v) is 8.45. The third-order valence-corrected chi connectivity index (χ3v) is 2.34. The highest BCUT2D eigenvalue weighted by Gasteiger charge is 2.30. The summed E-state index contributed by atoms with van der Waals surface area (Å²) in [5.41, 5.74) is 0.135. The second kappa shape index (κ2) is 2.84. The molecule has 3 heteroatoms. The van der Waals surface area contributed by atoms with Gasteiger partial charge in [-0.15, -0.1) is 0 Å². The Morgan fingerprint density at radius 2 is 2.31 bits per heavy atom. The molecule has 1 aliphatic rings. The summed E-state index contributed by atoms with van der Waals surface area (Å²) in [6.07, 6.45) is 4.92. The van der Waals surface area contributed by atoms with E-state index >= 15 is 0 Å². The molecule has 2 rings (SSSR count). The number of aromatic nitrogens is 2. The average Bonchev–Trinajstić information content (AvgIpc) is 2.48. The summed E-state index contributed by atoms with van der Waals surface area (Å²) in [4.78, 5) is 4.30. The molecule has 0 N–H and O–H groups in total. The van der Waals surface area contributed by atoms with Gasteiger partial charge in [0.15, 0.2) is 0 Å². The number of ether oxygens (including phenoxy) is 1. The van der Waals surface area contributed by atoms with Gasteiger partial charge in [-0.25, -0.2) is 4.98 Å². The molecule has 1 atom stereocenters. The molecule has 1 aromatic heterocycles. The fraction of sp³-hybridized carbons (Fsp3) is 0.700. The minimum atomic E-state index is 0.135. The summed E-state index contributed by atoms with van der Waals surface area (Å²) in [5, 5.41) is 0. The lowest BCUT2D eigenvalue weighted by atomic mass is 9.93. The van der Waals surface area contributed by atoms with Crippen molar-refractivity contribution in [3.63, 3.8) is 0 Å². The average molecular weight is 180 g/mol. The van der Waals surface area contributed by atoms with Crippen LogP contribution in [0.5, 0.6) is 0 Å². The maximum absolute atomic E-state index is 5.75. The molecule has 0 spiro atoms. The van der Waals surface area contributed by atoms with E-state index in [1.807, 2.05) is 12.4 Å². The zero-order valence-electron chi connectivity index (χ0n) is 8.45. The van der Waals surface area contributed by atoms with Crippen LogP contribution in [0.4, 0.5) is 0 Å². The first kappa shape index (κ1) is 8.75. The molecule has 2 heterocycles. The van der Waals surface area contributed by atoms with Crippen LogP contribution in [-0.4, -0.2) is 16.2 Å². The van der Waals surface area contributed by atoms with Crippen LogP contribution in [0.25, 0.3) is 0 Å². The van der Waals surface area contributed by atoms with E-state index in [0.717, 1.165) is 18.9 Å². The minimum absolute atomic E-state index is 0.135. The highest BCUT2D eigenvalue weighted by atomic mass is 16.5. The minimum Gasteiger partial charge on any atom is -0.357 e. The van der Waals surface area contributed by atoms with E-state index in [1.165, 1.54) is 0 Å². The van der Waals surface area contributed by atoms with Crippen LogP contribution in [0, 0.1) is 5.41 Å². The topological polar surface area (TPSA) is 27.1 Å². The molecule has 0 bridgehead atoms. The smallest absolute Gasteiger partial charge is 0.139 e. The number of imidazole rings is 1. The molecule has 1 aliphatic heterocycles. The quantitative estimate of drug-likeness (QED) is 0.610. The third-order valence-electron chi connectivity index (χ3n) is 2.34. The fourth-order valence-electron chi connectivity index (χ4n) is 1.76. The van der Waals surface area contributed by atoms with Crippen molar-refractivity contribution in [3.05, 3.63) is 18.2 Å². The van der Waals surface area contributed by atoms with Gasteiger partial charge in [0.2, 0.25) is 0 Å². The highest BCUT2D eigenvalue weighted by Crippen LogP contribution is 2.34. The van der Waals surface area contributed by atoms with Crippen molar-refractivity contribution in [1.29, 1.82) is 0 Å². The lowest BCUT2D eigenvalue weighted by Crippen LogP contribution is -2.32. The van der Waals surface area contributed by atoms with Crippen LogP contribution < -0.4 is 0 Å². The van der Waals surface area contributed by atoms with Crippen LogP contribution in [0.1, 0.15) is 32.8 Å². The second-order valence-electron chi connectivity index (χ2n) is 4.59. The van der Waals surface area contributed by atoms with Gasteiger partial charge in [-0.2, -0.15) is 0 Å². The first-order valence-electron chi connectivity index (χ1n) is 4.72. The molecule has 0 saturated carbocycles. The number of nitrogens with zero attached hydrogens (tertiary/aromatic N) is 2. The molecular formula is C10H16N2O. The largest absolute Gasteiger partial charge is 0.357 e. The monoisotopic (exact) mass is 180 g/mol. The summed E-state index contributed by atoms with van der Waals surface area (Å²) in [7, 11) is 0. The second-order valence-corrected chi connectivity index (χ2v) is 4.59. The van der Waals surface area contributed by atoms with E-state index in [9.17, 15) is 0 Å². The van der Waals surface area contributed by atoms with Crippen LogP contribution in [-0.2, 0) is 11.2 Å². The Bertz CT molecular complexity index is 298. The van der Waals surface area contributed by atoms with E-state index in [1.54, 1.807) is 0 Å². The summed E-state index contributed by atoms with van der Waals surface area (Å²) in [5.74, 6) is 1.14.